The van der Waals surface area contributed by atoms with Crippen molar-refractivity contribution in [2.24, 2.45) is 5.92 Å². The molecule has 1 N–H and O–H groups in total. The minimum atomic E-state index is -0.109. The van der Waals surface area contributed by atoms with E-state index in [1.54, 1.807) is 0 Å². The molecular formula is C19H22BrNO2. The van der Waals surface area contributed by atoms with Crippen LogP contribution in [0.2, 0.25) is 0 Å². The van der Waals surface area contributed by atoms with Crippen LogP contribution in [0.3, 0.4) is 0 Å². The van der Waals surface area contributed by atoms with E-state index in [0.717, 1.165) is 16.5 Å². The molecule has 0 aliphatic rings. The van der Waals surface area contributed by atoms with Crippen molar-refractivity contribution in [1.29, 1.82) is 0 Å². The molecule has 4 heteroatoms. The summed E-state index contributed by atoms with van der Waals surface area (Å²) in [5.41, 5.74) is 1.12. The highest BCUT2D eigenvalue weighted by atomic mass is 79.9. The molecule has 0 saturated carbocycles. The van der Waals surface area contributed by atoms with Crippen LogP contribution in [-0.4, -0.2) is 12.5 Å². The molecule has 0 aromatic heterocycles. The summed E-state index contributed by atoms with van der Waals surface area (Å²) < 4.78 is 6.51. The van der Waals surface area contributed by atoms with Crippen molar-refractivity contribution in [3.63, 3.8) is 0 Å². The molecule has 3 nitrogen and oxygen atoms in total. The fraction of sp³-hybridized carbons (Fsp3) is 0.316. The van der Waals surface area contributed by atoms with Crippen LogP contribution in [0.1, 0.15) is 31.9 Å². The molecule has 0 aliphatic heterocycles. The van der Waals surface area contributed by atoms with Crippen molar-refractivity contribution in [3.8, 4) is 5.75 Å². The first-order valence-corrected chi connectivity index (χ1v) is 8.56. The van der Waals surface area contributed by atoms with E-state index < -0.39 is 0 Å². The first-order chi connectivity index (χ1) is 11.0. The highest BCUT2D eigenvalue weighted by Gasteiger charge is 2.16. The van der Waals surface area contributed by atoms with Crippen LogP contribution in [0.5, 0.6) is 5.75 Å². The molecule has 0 radical (unpaired) electrons. The molecule has 0 saturated heterocycles. The molecule has 0 fully saturated rings. The molecule has 1 atom stereocenters. The summed E-state index contributed by atoms with van der Waals surface area (Å²) in [6, 6.07) is 17.5. The van der Waals surface area contributed by atoms with Gasteiger partial charge in [-0.2, -0.15) is 0 Å². The number of ether oxygens (including phenoxy) is 1. The second kappa shape index (κ2) is 8.73. The molecule has 0 aliphatic carbocycles. The monoisotopic (exact) mass is 375 g/mol. The molecule has 2 aromatic rings. The number of carbonyl (C=O) groups excluding carboxylic acids is 1. The van der Waals surface area contributed by atoms with Gasteiger partial charge < -0.3 is 10.1 Å². The Balaban J connectivity index is 1.93. The molecule has 122 valence electrons. The topological polar surface area (TPSA) is 38.3 Å². The molecule has 2 rings (SSSR count). The first kappa shape index (κ1) is 17.5. The van der Waals surface area contributed by atoms with Crippen molar-refractivity contribution in [2.75, 3.05) is 6.61 Å². The molecular weight excluding hydrogens is 354 g/mol. The maximum atomic E-state index is 12.2. The number of halogens is 1. The Kier molecular flexibility index (Phi) is 6.66. The van der Waals surface area contributed by atoms with Crippen LogP contribution >= 0.6 is 15.9 Å². The summed E-state index contributed by atoms with van der Waals surface area (Å²) in [6.45, 7) is 4.32. The lowest BCUT2D eigenvalue weighted by Crippen LogP contribution is -2.33. The second-order valence-corrected chi connectivity index (χ2v) is 6.82. The van der Waals surface area contributed by atoms with Crippen LogP contribution < -0.4 is 10.1 Å². The quantitative estimate of drug-likeness (QED) is 0.759. The molecule has 23 heavy (non-hydrogen) atoms. The van der Waals surface area contributed by atoms with E-state index in [2.05, 4.69) is 35.1 Å². The van der Waals surface area contributed by atoms with Gasteiger partial charge in [-0.3, -0.25) is 4.79 Å². The Morgan fingerprint density at radius 1 is 1.09 bits per heavy atom. The lowest BCUT2D eigenvalue weighted by Gasteiger charge is -2.21. The first-order valence-electron chi connectivity index (χ1n) is 7.77. The summed E-state index contributed by atoms with van der Waals surface area (Å²) >= 11 is 3.37. The van der Waals surface area contributed by atoms with Crippen LogP contribution in [0, 0.1) is 5.92 Å². The highest BCUT2D eigenvalue weighted by molar-refractivity contribution is 9.10. The zero-order valence-corrected chi connectivity index (χ0v) is 15.0. The lowest BCUT2D eigenvalue weighted by molar-refractivity contribution is -0.124. The van der Waals surface area contributed by atoms with Gasteiger partial charge in [0.1, 0.15) is 5.75 Å². The van der Waals surface area contributed by atoms with E-state index in [1.807, 2.05) is 54.6 Å². The fourth-order valence-electron chi connectivity index (χ4n) is 2.35. The molecule has 0 heterocycles. The van der Waals surface area contributed by atoms with Crippen molar-refractivity contribution >= 4 is 21.8 Å². The number of rotatable bonds is 7. The van der Waals surface area contributed by atoms with Gasteiger partial charge in [0.15, 0.2) is 6.61 Å². The third kappa shape index (κ3) is 6.06. The number of hydrogen-bond donors (Lipinski definition) is 1. The van der Waals surface area contributed by atoms with Gasteiger partial charge in [-0.05, 0) is 42.2 Å². The molecule has 1 amide bonds. The third-order valence-corrected chi connectivity index (χ3v) is 3.96. The number of carbonyl (C=O) groups is 1. The van der Waals surface area contributed by atoms with Crippen LogP contribution in [0.25, 0.3) is 0 Å². The smallest absolute Gasteiger partial charge is 0.258 e. The molecule has 0 spiro atoms. The summed E-state index contributed by atoms with van der Waals surface area (Å²) in [6.07, 6.45) is 0.897. The van der Waals surface area contributed by atoms with Gasteiger partial charge in [-0.15, -0.1) is 0 Å². The number of hydrogen-bond acceptors (Lipinski definition) is 2. The Morgan fingerprint density at radius 3 is 2.35 bits per heavy atom. The fourth-order valence-corrected chi connectivity index (χ4v) is 2.62. The van der Waals surface area contributed by atoms with E-state index in [4.69, 9.17) is 4.74 Å². The van der Waals surface area contributed by atoms with E-state index >= 15 is 0 Å². The van der Waals surface area contributed by atoms with Crippen molar-refractivity contribution in [3.05, 3.63) is 64.6 Å². The maximum absolute atomic E-state index is 12.2. The standard InChI is InChI=1S/C19H22BrNO2/c1-14(2)12-18(15-6-4-3-5-7-15)21-19(22)13-23-17-10-8-16(20)9-11-17/h3-11,14,18H,12-13H2,1-2H3,(H,21,22)/t18-/m0/s1. The largest absolute Gasteiger partial charge is 0.484 e. The van der Waals surface area contributed by atoms with Gasteiger partial charge in [0, 0.05) is 4.47 Å². The molecule has 0 bridgehead atoms. The number of benzene rings is 2. The number of amides is 1. The predicted octanol–water partition coefficient (Wildman–Crippen LogP) is 4.73. The van der Waals surface area contributed by atoms with Gasteiger partial charge in [0.05, 0.1) is 6.04 Å². The minimum Gasteiger partial charge on any atom is -0.484 e. The summed E-state index contributed by atoms with van der Waals surface area (Å²) in [5.74, 6) is 1.07. The second-order valence-electron chi connectivity index (χ2n) is 5.90. The Labute approximate surface area is 146 Å². The Morgan fingerprint density at radius 2 is 1.74 bits per heavy atom. The van der Waals surface area contributed by atoms with E-state index in [-0.39, 0.29) is 18.6 Å². The zero-order valence-electron chi connectivity index (χ0n) is 13.5. The van der Waals surface area contributed by atoms with Crippen LogP contribution in [0.15, 0.2) is 59.1 Å². The van der Waals surface area contributed by atoms with Gasteiger partial charge in [0.2, 0.25) is 0 Å². The molecule has 0 unspecified atom stereocenters. The van der Waals surface area contributed by atoms with Gasteiger partial charge in [0.25, 0.3) is 5.91 Å². The van der Waals surface area contributed by atoms with Crippen LogP contribution in [0.4, 0.5) is 0 Å². The summed E-state index contributed by atoms with van der Waals surface area (Å²) in [4.78, 5) is 12.2. The zero-order chi connectivity index (χ0) is 16.7. The lowest BCUT2D eigenvalue weighted by atomic mass is 9.97. The normalized spacial score (nSPS) is 12.0. The van der Waals surface area contributed by atoms with Gasteiger partial charge in [-0.25, -0.2) is 0 Å². The highest BCUT2D eigenvalue weighted by Crippen LogP contribution is 2.21. The van der Waals surface area contributed by atoms with E-state index in [1.165, 1.54) is 0 Å². The third-order valence-electron chi connectivity index (χ3n) is 3.43. The van der Waals surface area contributed by atoms with Crippen LogP contribution in [-0.2, 0) is 4.79 Å². The average molecular weight is 376 g/mol. The maximum Gasteiger partial charge on any atom is 0.258 e. The van der Waals surface area contributed by atoms with E-state index in [0.29, 0.717) is 11.7 Å². The Bertz CT molecular complexity index is 611. The average Bonchev–Trinajstić information content (AvgIpc) is 2.54. The van der Waals surface area contributed by atoms with Gasteiger partial charge in [-0.1, -0.05) is 60.1 Å². The predicted molar refractivity (Wildman–Crippen MR) is 96.4 cm³/mol. The van der Waals surface area contributed by atoms with E-state index in [9.17, 15) is 4.79 Å². The number of nitrogens with one attached hydrogen (secondary N) is 1. The van der Waals surface area contributed by atoms with Crippen molar-refractivity contribution < 1.29 is 9.53 Å². The summed E-state index contributed by atoms with van der Waals surface area (Å²) in [7, 11) is 0. The minimum absolute atomic E-state index is 0.0113. The SMILES string of the molecule is CC(C)C[C@H](NC(=O)COc1ccc(Br)cc1)c1ccccc1. The molecule has 2 aromatic carbocycles. The van der Waals surface area contributed by atoms with Crippen molar-refractivity contribution in [1.82, 2.24) is 5.32 Å². The summed E-state index contributed by atoms with van der Waals surface area (Å²) in [5, 5.41) is 3.07. The van der Waals surface area contributed by atoms with Gasteiger partial charge >= 0.3 is 0 Å². The Hall–Kier alpha value is -1.81. The van der Waals surface area contributed by atoms with Crippen molar-refractivity contribution in [2.45, 2.75) is 26.3 Å².